The molecule has 0 unspecified atom stereocenters. The standard InChI is InChI=1S/C15H19BrClNO3/c1-9(2)5-10(6-14(19)20)8-18-15(21)12-4-3-11(17)7-13(12)16/h3-4,7,9-10H,5-6,8H2,1-2H3,(H,18,21)(H,19,20)/t10-/m0/s1. The van der Waals surface area contributed by atoms with Gasteiger partial charge in [0.25, 0.3) is 5.91 Å². The number of hydrogen-bond donors (Lipinski definition) is 2. The van der Waals surface area contributed by atoms with E-state index in [1.165, 1.54) is 0 Å². The average molecular weight is 377 g/mol. The van der Waals surface area contributed by atoms with Crippen molar-refractivity contribution < 1.29 is 14.7 Å². The molecule has 0 aliphatic heterocycles. The third-order valence-corrected chi connectivity index (χ3v) is 3.89. The van der Waals surface area contributed by atoms with Gasteiger partial charge in [0.15, 0.2) is 0 Å². The molecule has 1 rings (SSSR count). The predicted molar refractivity (Wildman–Crippen MR) is 86.7 cm³/mol. The molecular formula is C15H19BrClNO3. The predicted octanol–water partition coefficient (Wildman–Crippen LogP) is 3.97. The first-order valence-corrected chi connectivity index (χ1v) is 7.91. The molecule has 1 aromatic carbocycles. The molecule has 1 atom stereocenters. The molecule has 0 bridgehead atoms. The number of halogens is 2. The molecule has 0 aliphatic rings. The summed E-state index contributed by atoms with van der Waals surface area (Å²) in [5.74, 6) is -0.772. The van der Waals surface area contributed by atoms with E-state index in [2.05, 4.69) is 21.2 Å². The van der Waals surface area contributed by atoms with Crippen molar-refractivity contribution in [2.24, 2.45) is 11.8 Å². The van der Waals surface area contributed by atoms with Crippen LogP contribution in [0.1, 0.15) is 37.0 Å². The summed E-state index contributed by atoms with van der Waals surface area (Å²) in [6.07, 6.45) is 0.814. The lowest BCUT2D eigenvalue weighted by Crippen LogP contribution is -2.31. The Balaban J connectivity index is 2.65. The number of benzene rings is 1. The van der Waals surface area contributed by atoms with E-state index in [-0.39, 0.29) is 18.2 Å². The van der Waals surface area contributed by atoms with Gasteiger partial charge in [-0.05, 0) is 52.4 Å². The molecular weight excluding hydrogens is 358 g/mol. The Morgan fingerprint density at radius 3 is 2.57 bits per heavy atom. The molecule has 116 valence electrons. The summed E-state index contributed by atoms with van der Waals surface area (Å²) in [4.78, 5) is 23.0. The van der Waals surface area contributed by atoms with Crippen LogP contribution in [0.3, 0.4) is 0 Å². The van der Waals surface area contributed by atoms with Crippen LogP contribution in [0.4, 0.5) is 0 Å². The highest BCUT2D eigenvalue weighted by molar-refractivity contribution is 9.10. The number of carbonyl (C=O) groups excluding carboxylic acids is 1. The normalized spacial score (nSPS) is 12.2. The monoisotopic (exact) mass is 375 g/mol. The number of amides is 1. The third-order valence-electron chi connectivity index (χ3n) is 3.00. The van der Waals surface area contributed by atoms with Crippen LogP contribution in [0, 0.1) is 11.8 Å². The number of carboxylic acid groups (broad SMARTS) is 1. The molecule has 0 saturated heterocycles. The van der Waals surface area contributed by atoms with Crippen molar-refractivity contribution >= 4 is 39.4 Å². The summed E-state index contributed by atoms with van der Waals surface area (Å²) in [5.41, 5.74) is 0.484. The molecule has 1 aromatic rings. The van der Waals surface area contributed by atoms with Crippen molar-refractivity contribution in [2.75, 3.05) is 6.54 Å². The summed E-state index contributed by atoms with van der Waals surface area (Å²) < 4.78 is 0.617. The van der Waals surface area contributed by atoms with Crippen molar-refractivity contribution in [3.63, 3.8) is 0 Å². The largest absolute Gasteiger partial charge is 0.481 e. The first-order chi connectivity index (χ1) is 9.79. The van der Waals surface area contributed by atoms with Crippen LogP contribution in [-0.4, -0.2) is 23.5 Å². The fourth-order valence-electron chi connectivity index (χ4n) is 2.16. The molecule has 0 aliphatic carbocycles. The van der Waals surface area contributed by atoms with E-state index in [1.807, 2.05) is 13.8 Å². The summed E-state index contributed by atoms with van der Waals surface area (Å²) in [7, 11) is 0. The van der Waals surface area contributed by atoms with E-state index >= 15 is 0 Å². The van der Waals surface area contributed by atoms with Crippen molar-refractivity contribution in [3.05, 3.63) is 33.3 Å². The second-order valence-electron chi connectivity index (χ2n) is 5.43. The van der Waals surface area contributed by atoms with Crippen molar-refractivity contribution in [2.45, 2.75) is 26.7 Å². The van der Waals surface area contributed by atoms with Gasteiger partial charge < -0.3 is 10.4 Å². The Bertz CT molecular complexity index is 520. The molecule has 2 N–H and O–H groups in total. The molecule has 6 heteroatoms. The lowest BCUT2D eigenvalue weighted by molar-refractivity contribution is -0.138. The van der Waals surface area contributed by atoms with Gasteiger partial charge in [-0.2, -0.15) is 0 Å². The Morgan fingerprint density at radius 1 is 1.38 bits per heavy atom. The van der Waals surface area contributed by atoms with Crippen LogP contribution in [0.2, 0.25) is 5.02 Å². The van der Waals surface area contributed by atoms with E-state index in [0.717, 1.165) is 6.42 Å². The van der Waals surface area contributed by atoms with E-state index in [0.29, 0.717) is 27.5 Å². The quantitative estimate of drug-likeness (QED) is 0.756. The summed E-state index contributed by atoms with van der Waals surface area (Å²) >= 11 is 9.13. The fourth-order valence-corrected chi connectivity index (χ4v) is 3.02. The molecule has 0 heterocycles. The number of carbonyl (C=O) groups is 2. The number of aliphatic carboxylic acids is 1. The zero-order valence-electron chi connectivity index (χ0n) is 12.0. The average Bonchev–Trinajstić information content (AvgIpc) is 2.34. The molecule has 0 radical (unpaired) electrons. The van der Waals surface area contributed by atoms with Crippen LogP contribution in [0.5, 0.6) is 0 Å². The summed E-state index contributed by atoms with van der Waals surface area (Å²) in [5, 5.41) is 12.3. The van der Waals surface area contributed by atoms with E-state index in [9.17, 15) is 9.59 Å². The Kier molecular flexibility index (Phi) is 7.18. The van der Waals surface area contributed by atoms with Crippen molar-refractivity contribution in [3.8, 4) is 0 Å². The van der Waals surface area contributed by atoms with Gasteiger partial charge in [0.2, 0.25) is 0 Å². The zero-order chi connectivity index (χ0) is 16.0. The van der Waals surface area contributed by atoms with Gasteiger partial charge in [-0.15, -0.1) is 0 Å². The van der Waals surface area contributed by atoms with E-state index in [1.54, 1.807) is 18.2 Å². The number of nitrogens with one attached hydrogen (secondary N) is 1. The van der Waals surface area contributed by atoms with Gasteiger partial charge in [0.1, 0.15) is 0 Å². The maximum atomic E-state index is 12.1. The SMILES string of the molecule is CC(C)C[C@H](CNC(=O)c1ccc(Cl)cc1Br)CC(=O)O. The fraction of sp³-hybridized carbons (Fsp3) is 0.467. The van der Waals surface area contributed by atoms with Crippen LogP contribution in [0.25, 0.3) is 0 Å². The van der Waals surface area contributed by atoms with Crippen LogP contribution in [-0.2, 0) is 4.79 Å². The maximum absolute atomic E-state index is 12.1. The van der Waals surface area contributed by atoms with Gasteiger partial charge >= 0.3 is 5.97 Å². The van der Waals surface area contributed by atoms with E-state index in [4.69, 9.17) is 16.7 Å². The lowest BCUT2D eigenvalue weighted by Gasteiger charge is -2.18. The highest BCUT2D eigenvalue weighted by atomic mass is 79.9. The zero-order valence-corrected chi connectivity index (χ0v) is 14.4. The molecule has 4 nitrogen and oxygen atoms in total. The highest BCUT2D eigenvalue weighted by Gasteiger charge is 2.17. The number of hydrogen-bond acceptors (Lipinski definition) is 2. The van der Waals surface area contributed by atoms with Crippen LogP contribution >= 0.6 is 27.5 Å². The second kappa shape index (κ2) is 8.39. The Hall–Kier alpha value is -1.07. The first-order valence-electron chi connectivity index (χ1n) is 6.74. The topological polar surface area (TPSA) is 66.4 Å². The van der Waals surface area contributed by atoms with Crippen molar-refractivity contribution in [1.29, 1.82) is 0 Å². The Morgan fingerprint density at radius 2 is 2.05 bits per heavy atom. The van der Waals surface area contributed by atoms with Gasteiger partial charge in [-0.25, -0.2) is 0 Å². The maximum Gasteiger partial charge on any atom is 0.303 e. The molecule has 1 amide bonds. The van der Waals surface area contributed by atoms with Crippen LogP contribution < -0.4 is 5.32 Å². The number of rotatable bonds is 7. The van der Waals surface area contributed by atoms with Crippen molar-refractivity contribution in [1.82, 2.24) is 5.32 Å². The third kappa shape index (κ3) is 6.48. The summed E-state index contributed by atoms with van der Waals surface area (Å²) in [6.45, 7) is 4.41. The molecule has 0 spiro atoms. The van der Waals surface area contributed by atoms with E-state index < -0.39 is 5.97 Å². The van der Waals surface area contributed by atoms with Crippen LogP contribution in [0.15, 0.2) is 22.7 Å². The smallest absolute Gasteiger partial charge is 0.303 e. The Labute approximate surface area is 138 Å². The molecule has 0 fully saturated rings. The molecule has 0 aromatic heterocycles. The molecule has 21 heavy (non-hydrogen) atoms. The number of carboxylic acids is 1. The minimum atomic E-state index is -0.845. The van der Waals surface area contributed by atoms with Gasteiger partial charge in [-0.1, -0.05) is 25.4 Å². The minimum absolute atomic E-state index is 0.0558. The van der Waals surface area contributed by atoms with Gasteiger partial charge in [0, 0.05) is 22.5 Å². The second-order valence-corrected chi connectivity index (χ2v) is 6.72. The lowest BCUT2D eigenvalue weighted by atomic mass is 9.94. The van der Waals surface area contributed by atoms with Gasteiger partial charge in [-0.3, -0.25) is 9.59 Å². The summed E-state index contributed by atoms with van der Waals surface area (Å²) in [6, 6.07) is 4.93. The minimum Gasteiger partial charge on any atom is -0.481 e. The molecule has 0 saturated carbocycles. The first kappa shape index (κ1) is 18.0. The highest BCUT2D eigenvalue weighted by Crippen LogP contribution is 2.22. The van der Waals surface area contributed by atoms with Gasteiger partial charge in [0.05, 0.1) is 5.56 Å².